The predicted octanol–water partition coefficient (Wildman–Crippen LogP) is 1.69. The van der Waals surface area contributed by atoms with Gasteiger partial charge >= 0.3 is 0 Å². The van der Waals surface area contributed by atoms with Gasteiger partial charge in [0.25, 0.3) is 5.69 Å². The minimum Gasteiger partial charge on any atom is -0.384 e. The number of anilines is 1. The summed E-state index contributed by atoms with van der Waals surface area (Å²) >= 11 is 0. The summed E-state index contributed by atoms with van der Waals surface area (Å²) in [6.45, 7) is 0.676. The van der Waals surface area contributed by atoms with Crippen LogP contribution in [-0.2, 0) is 4.79 Å². The molecule has 5 heteroatoms. The van der Waals surface area contributed by atoms with Crippen LogP contribution in [0.2, 0.25) is 0 Å². The summed E-state index contributed by atoms with van der Waals surface area (Å²) in [5.41, 5.74) is 1.84. The molecule has 0 saturated heterocycles. The first-order valence-corrected chi connectivity index (χ1v) is 4.68. The molecule has 0 aliphatic carbocycles. The minimum absolute atomic E-state index is 0.0670. The maximum Gasteiger partial charge on any atom is 0.269 e. The number of fused-ring (bicyclic) bond motifs is 1. The summed E-state index contributed by atoms with van der Waals surface area (Å²) < 4.78 is 0. The molecular weight excluding hydrogens is 196 g/mol. The fourth-order valence-electron chi connectivity index (χ4n) is 1.83. The lowest BCUT2D eigenvalue weighted by Gasteiger charge is -2.04. The summed E-state index contributed by atoms with van der Waals surface area (Å²) in [6.07, 6.45) is 1.25. The Morgan fingerprint density at radius 3 is 3.07 bits per heavy atom. The molecule has 0 saturated carbocycles. The summed E-state index contributed by atoms with van der Waals surface area (Å²) in [5.74, 6) is 0.0670. The molecule has 1 heterocycles. The maximum absolute atomic E-state index is 10.6. The van der Waals surface area contributed by atoms with Gasteiger partial charge in [-0.1, -0.05) is 0 Å². The van der Waals surface area contributed by atoms with Crippen LogP contribution >= 0.6 is 0 Å². The smallest absolute Gasteiger partial charge is 0.269 e. The first-order valence-electron chi connectivity index (χ1n) is 4.68. The third-order valence-corrected chi connectivity index (χ3v) is 2.61. The quantitative estimate of drug-likeness (QED) is 0.464. The van der Waals surface area contributed by atoms with E-state index in [0.717, 1.165) is 17.5 Å². The number of non-ortho nitro benzene ring substituents is 1. The van der Waals surface area contributed by atoms with E-state index in [9.17, 15) is 14.9 Å². The Morgan fingerprint density at radius 2 is 2.40 bits per heavy atom. The van der Waals surface area contributed by atoms with Gasteiger partial charge in [0.05, 0.1) is 4.92 Å². The number of nitro groups is 1. The van der Waals surface area contributed by atoms with E-state index >= 15 is 0 Å². The monoisotopic (exact) mass is 206 g/mol. The molecule has 1 N–H and O–H groups in total. The van der Waals surface area contributed by atoms with E-state index in [1.54, 1.807) is 12.1 Å². The van der Waals surface area contributed by atoms with Crippen LogP contribution in [0.3, 0.4) is 0 Å². The lowest BCUT2D eigenvalue weighted by atomic mass is 9.98. The maximum atomic E-state index is 10.6. The van der Waals surface area contributed by atoms with E-state index in [2.05, 4.69) is 5.32 Å². The van der Waals surface area contributed by atoms with Crippen LogP contribution in [0.1, 0.15) is 17.9 Å². The van der Waals surface area contributed by atoms with Gasteiger partial charge in [-0.15, -0.1) is 0 Å². The molecule has 1 atom stereocenters. The number of nitro benzene ring substituents is 1. The molecule has 0 amide bonds. The van der Waals surface area contributed by atoms with Crippen molar-refractivity contribution in [3.8, 4) is 0 Å². The highest BCUT2D eigenvalue weighted by atomic mass is 16.6. The Hall–Kier alpha value is -1.91. The van der Waals surface area contributed by atoms with Crippen molar-refractivity contribution in [2.45, 2.75) is 12.3 Å². The number of aldehydes is 1. The van der Waals surface area contributed by atoms with Gasteiger partial charge in [0.2, 0.25) is 0 Å². The minimum atomic E-state index is -0.420. The zero-order valence-electron chi connectivity index (χ0n) is 7.97. The highest BCUT2D eigenvalue weighted by molar-refractivity contribution is 5.64. The van der Waals surface area contributed by atoms with Crippen LogP contribution in [0.4, 0.5) is 11.4 Å². The van der Waals surface area contributed by atoms with Crippen LogP contribution in [0.15, 0.2) is 18.2 Å². The molecule has 1 aromatic carbocycles. The van der Waals surface area contributed by atoms with Crippen molar-refractivity contribution in [3.63, 3.8) is 0 Å². The van der Waals surface area contributed by atoms with Crippen molar-refractivity contribution < 1.29 is 9.72 Å². The largest absolute Gasteiger partial charge is 0.384 e. The second-order valence-electron chi connectivity index (χ2n) is 3.51. The number of hydrogen-bond acceptors (Lipinski definition) is 4. The summed E-state index contributed by atoms with van der Waals surface area (Å²) in [5, 5.41) is 13.7. The Morgan fingerprint density at radius 1 is 1.60 bits per heavy atom. The van der Waals surface area contributed by atoms with E-state index < -0.39 is 4.92 Å². The average molecular weight is 206 g/mol. The van der Waals surface area contributed by atoms with Gasteiger partial charge in [0, 0.05) is 36.7 Å². The van der Waals surface area contributed by atoms with Crippen molar-refractivity contribution in [2.24, 2.45) is 0 Å². The van der Waals surface area contributed by atoms with Gasteiger partial charge in [-0.2, -0.15) is 0 Å². The van der Waals surface area contributed by atoms with Gasteiger partial charge in [0.1, 0.15) is 6.29 Å². The third-order valence-electron chi connectivity index (χ3n) is 2.61. The fraction of sp³-hybridized carbons (Fsp3) is 0.300. The van der Waals surface area contributed by atoms with Crippen LogP contribution in [0.25, 0.3) is 0 Å². The molecule has 0 aromatic heterocycles. The number of rotatable bonds is 3. The van der Waals surface area contributed by atoms with E-state index in [-0.39, 0.29) is 11.6 Å². The number of hydrogen-bond donors (Lipinski definition) is 1. The van der Waals surface area contributed by atoms with Crippen molar-refractivity contribution in [1.29, 1.82) is 0 Å². The SMILES string of the molecule is O=CCC1CNc2ccc([N+](=O)[O-])cc21. The van der Waals surface area contributed by atoms with Gasteiger partial charge < -0.3 is 10.1 Å². The van der Waals surface area contributed by atoms with E-state index in [4.69, 9.17) is 0 Å². The molecule has 15 heavy (non-hydrogen) atoms. The Kier molecular flexibility index (Phi) is 2.37. The summed E-state index contributed by atoms with van der Waals surface area (Å²) in [6, 6.07) is 4.71. The highest BCUT2D eigenvalue weighted by Crippen LogP contribution is 2.35. The molecule has 0 fully saturated rings. The molecule has 0 radical (unpaired) electrons. The van der Waals surface area contributed by atoms with Crippen molar-refractivity contribution >= 4 is 17.7 Å². The predicted molar refractivity (Wildman–Crippen MR) is 55.0 cm³/mol. The normalized spacial score (nSPS) is 18.0. The van der Waals surface area contributed by atoms with Crippen LogP contribution in [-0.4, -0.2) is 17.8 Å². The number of nitrogens with zero attached hydrogens (tertiary/aromatic N) is 1. The van der Waals surface area contributed by atoms with Gasteiger partial charge in [-0.25, -0.2) is 0 Å². The number of nitrogens with one attached hydrogen (secondary N) is 1. The Balaban J connectivity index is 2.37. The van der Waals surface area contributed by atoms with Crippen LogP contribution < -0.4 is 5.32 Å². The van der Waals surface area contributed by atoms with Crippen molar-refractivity contribution in [3.05, 3.63) is 33.9 Å². The lowest BCUT2D eigenvalue weighted by molar-refractivity contribution is -0.384. The van der Waals surface area contributed by atoms with Crippen molar-refractivity contribution in [2.75, 3.05) is 11.9 Å². The molecule has 1 aromatic rings. The van der Waals surface area contributed by atoms with Gasteiger partial charge in [-0.05, 0) is 11.6 Å². The zero-order valence-corrected chi connectivity index (χ0v) is 7.97. The number of benzene rings is 1. The van der Waals surface area contributed by atoms with Crippen LogP contribution in [0.5, 0.6) is 0 Å². The molecule has 1 aliphatic heterocycles. The second kappa shape index (κ2) is 3.68. The Bertz CT molecular complexity index is 417. The first kappa shape index (κ1) is 9.64. The van der Waals surface area contributed by atoms with E-state index in [1.165, 1.54) is 6.07 Å². The molecule has 2 rings (SSSR count). The molecule has 5 nitrogen and oxygen atoms in total. The topological polar surface area (TPSA) is 72.2 Å². The van der Waals surface area contributed by atoms with E-state index in [0.29, 0.717) is 13.0 Å². The number of carbonyl (C=O) groups is 1. The highest BCUT2D eigenvalue weighted by Gasteiger charge is 2.23. The fourth-order valence-corrected chi connectivity index (χ4v) is 1.83. The Labute approximate surface area is 86.2 Å². The second-order valence-corrected chi connectivity index (χ2v) is 3.51. The average Bonchev–Trinajstić information content (AvgIpc) is 2.61. The summed E-state index contributed by atoms with van der Waals surface area (Å²) in [4.78, 5) is 20.6. The molecular formula is C10H10N2O3. The lowest BCUT2D eigenvalue weighted by Crippen LogP contribution is -2.02. The molecule has 0 spiro atoms. The summed E-state index contributed by atoms with van der Waals surface area (Å²) in [7, 11) is 0. The van der Waals surface area contributed by atoms with Crippen molar-refractivity contribution in [1.82, 2.24) is 0 Å². The number of carbonyl (C=O) groups excluding carboxylic acids is 1. The van der Waals surface area contributed by atoms with Crippen LogP contribution in [0, 0.1) is 10.1 Å². The standard InChI is InChI=1S/C10H10N2O3/c13-4-3-7-6-11-10-2-1-8(12(14)15)5-9(7)10/h1-2,4-5,7,11H,3,6H2. The molecule has 0 bridgehead atoms. The molecule has 1 aliphatic rings. The van der Waals surface area contributed by atoms with Gasteiger partial charge in [-0.3, -0.25) is 10.1 Å². The molecule has 78 valence electrons. The van der Waals surface area contributed by atoms with E-state index in [1.807, 2.05) is 0 Å². The molecule has 1 unspecified atom stereocenters. The first-order chi connectivity index (χ1) is 7.22. The third kappa shape index (κ3) is 1.68. The van der Waals surface area contributed by atoms with Gasteiger partial charge in [0.15, 0.2) is 0 Å². The zero-order chi connectivity index (χ0) is 10.8.